The highest BCUT2D eigenvalue weighted by molar-refractivity contribution is 5.86. The van der Waals surface area contributed by atoms with Crippen molar-refractivity contribution in [2.24, 2.45) is 7.05 Å². The lowest BCUT2D eigenvalue weighted by Crippen LogP contribution is -2.63. The summed E-state index contributed by atoms with van der Waals surface area (Å²) in [6.45, 7) is 3.97. The summed E-state index contributed by atoms with van der Waals surface area (Å²) in [5, 5.41) is 16.6. The number of aromatic nitrogens is 5. The summed E-state index contributed by atoms with van der Waals surface area (Å²) in [5.41, 5.74) is 0.627. The second-order valence-corrected chi connectivity index (χ2v) is 9.18. The largest absolute Gasteiger partial charge is 0.379 e. The molecule has 1 atom stereocenters. The summed E-state index contributed by atoms with van der Waals surface area (Å²) in [7, 11) is 1.91. The Labute approximate surface area is 183 Å². The molecule has 1 aliphatic carbocycles. The Bertz CT molecular complexity index is 909. The number of rotatable bonds is 4. The van der Waals surface area contributed by atoms with Crippen molar-refractivity contribution in [1.29, 1.82) is 0 Å². The van der Waals surface area contributed by atoms with Crippen LogP contribution in [0.4, 0.5) is 0 Å². The van der Waals surface area contributed by atoms with Gasteiger partial charge in [0.05, 0.1) is 25.0 Å². The maximum atomic E-state index is 13.7. The molecule has 1 saturated carbocycles. The van der Waals surface area contributed by atoms with Crippen molar-refractivity contribution in [2.45, 2.75) is 69.5 Å². The zero-order valence-electron chi connectivity index (χ0n) is 18.4. The average molecular weight is 428 g/mol. The van der Waals surface area contributed by atoms with E-state index in [2.05, 4.69) is 30.1 Å². The lowest BCUT2D eigenvalue weighted by molar-refractivity contribution is -0.141. The van der Waals surface area contributed by atoms with E-state index in [4.69, 9.17) is 4.74 Å². The first-order valence-electron chi connectivity index (χ1n) is 11.7. The van der Waals surface area contributed by atoms with Gasteiger partial charge in [0.1, 0.15) is 11.4 Å². The average Bonchev–Trinajstić information content (AvgIpc) is 3.36. The molecule has 0 aromatic carbocycles. The van der Waals surface area contributed by atoms with Gasteiger partial charge < -0.3 is 14.6 Å². The van der Waals surface area contributed by atoms with E-state index >= 15 is 0 Å². The van der Waals surface area contributed by atoms with Crippen LogP contribution in [0.3, 0.4) is 0 Å². The van der Waals surface area contributed by atoms with Gasteiger partial charge in [0.15, 0.2) is 5.82 Å². The van der Waals surface area contributed by atoms with Crippen LogP contribution in [0, 0.1) is 0 Å². The Hall–Kier alpha value is -2.26. The third kappa shape index (κ3) is 4.01. The fourth-order valence-corrected chi connectivity index (χ4v) is 5.52. The highest BCUT2D eigenvalue weighted by Crippen LogP contribution is 2.35. The SMILES string of the molecule is Cn1cc(-c2nnc3n2CCC(NC(=O)C2(N4CCOCC4)CCCCC2)CC3)cn1. The van der Waals surface area contributed by atoms with Gasteiger partial charge >= 0.3 is 0 Å². The number of nitrogens with one attached hydrogen (secondary N) is 1. The van der Waals surface area contributed by atoms with Gasteiger partial charge in [-0.25, -0.2) is 0 Å². The van der Waals surface area contributed by atoms with Gasteiger partial charge in [-0.15, -0.1) is 10.2 Å². The van der Waals surface area contributed by atoms with Gasteiger partial charge in [0.2, 0.25) is 5.91 Å². The quantitative estimate of drug-likeness (QED) is 0.796. The molecule has 0 bridgehead atoms. The van der Waals surface area contributed by atoms with Crippen molar-refractivity contribution in [2.75, 3.05) is 26.3 Å². The fourth-order valence-electron chi connectivity index (χ4n) is 5.52. The number of nitrogens with zero attached hydrogens (tertiary/aromatic N) is 6. The first-order chi connectivity index (χ1) is 15.2. The molecule has 2 aromatic rings. The van der Waals surface area contributed by atoms with Gasteiger partial charge in [0, 0.05) is 45.3 Å². The van der Waals surface area contributed by atoms with E-state index in [0.717, 1.165) is 95.0 Å². The summed E-state index contributed by atoms with van der Waals surface area (Å²) in [6, 6.07) is 0.163. The zero-order valence-corrected chi connectivity index (χ0v) is 18.4. The van der Waals surface area contributed by atoms with Gasteiger partial charge in [-0.3, -0.25) is 14.4 Å². The van der Waals surface area contributed by atoms with E-state index < -0.39 is 0 Å². The molecule has 9 nitrogen and oxygen atoms in total. The van der Waals surface area contributed by atoms with Crippen LogP contribution >= 0.6 is 0 Å². The molecule has 1 N–H and O–H groups in total. The number of amides is 1. The minimum atomic E-state index is -0.357. The van der Waals surface area contributed by atoms with Crippen LogP contribution in [0.1, 0.15) is 50.8 Å². The minimum Gasteiger partial charge on any atom is -0.379 e. The molecular formula is C22H33N7O2. The molecule has 3 aliphatic rings. The standard InChI is InChI=1S/C22H33N7O2/c1-27-16-17(15-23-27)20-26-25-19-6-5-18(7-10-29(19)20)24-21(30)22(8-3-2-4-9-22)28-11-13-31-14-12-28/h15-16,18H,2-14H2,1H3,(H,24,30). The Morgan fingerprint density at radius 1 is 1.13 bits per heavy atom. The normalized spacial score (nSPS) is 24.4. The van der Waals surface area contributed by atoms with Gasteiger partial charge in [-0.2, -0.15) is 5.10 Å². The van der Waals surface area contributed by atoms with Gasteiger partial charge in [0.25, 0.3) is 0 Å². The van der Waals surface area contributed by atoms with E-state index in [-0.39, 0.29) is 17.5 Å². The highest BCUT2D eigenvalue weighted by Gasteiger charge is 2.45. The molecule has 2 fully saturated rings. The maximum Gasteiger partial charge on any atom is 0.240 e. The summed E-state index contributed by atoms with van der Waals surface area (Å²) in [5.74, 6) is 2.09. The first-order valence-corrected chi connectivity index (χ1v) is 11.7. The molecule has 1 amide bonds. The molecule has 4 heterocycles. The minimum absolute atomic E-state index is 0.163. The van der Waals surface area contributed by atoms with E-state index in [1.807, 2.05) is 19.4 Å². The van der Waals surface area contributed by atoms with Crippen LogP contribution in [0.25, 0.3) is 11.4 Å². The summed E-state index contributed by atoms with van der Waals surface area (Å²) < 4.78 is 9.54. The Balaban J connectivity index is 1.29. The van der Waals surface area contributed by atoms with Crippen LogP contribution in [-0.4, -0.2) is 73.2 Å². The number of carbonyl (C=O) groups excluding carboxylic acids is 1. The van der Waals surface area contributed by atoms with Crippen molar-refractivity contribution >= 4 is 5.91 Å². The van der Waals surface area contributed by atoms with E-state index in [9.17, 15) is 4.79 Å². The van der Waals surface area contributed by atoms with Crippen LogP contribution in [0.2, 0.25) is 0 Å². The van der Waals surface area contributed by atoms with Crippen LogP contribution in [-0.2, 0) is 29.5 Å². The zero-order chi connectivity index (χ0) is 21.3. The molecule has 9 heteroatoms. The molecule has 2 aliphatic heterocycles. The lowest BCUT2D eigenvalue weighted by atomic mass is 9.79. The van der Waals surface area contributed by atoms with Crippen LogP contribution < -0.4 is 5.32 Å². The number of carbonyl (C=O) groups is 1. The third-order valence-corrected chi connectivity index (χ3v) is 7.26. The second kappa shape index (κ2) is 8.70. The summed E-state index contributed by atoms with van der Waals surface area (Å²) >= 11 is 0. The van der Waals surface area contributed by atoms with Crippen molar-refractivity contribution in [3.05, 3.63) is 18.2 Å². The predicted octanol–water partition coefficient (Wildman–Crippen LogP) is 1.53. The van der Waals surface area contributed by atoms with Crippen LogP contribution in [0.5, 0.6) is 0 Å². The Kier molecular flexibility index (Phi) is 5.79. The first kappa shape index (κ1) is 20.6. The predicted molar refractivity (Wildman–Crippen MR) is 115 cm³/mol. The molecule has 5 rings (SSSR count). The second-order valence-electron chi connectivity index (χ2n) is 9.18. The lowest BCUT2D eigenvalue weighted by Gasteiger charge is -2.47. The number of morpholine rings is 1. The van der Waals surface area contributed by atoms with Crippen molar-refractivity contribution < 1.29 is 9.53 Å². The Morgan fingerprint density at radius 3 is 2.68 bits per heavy atom. The van der Waals surface area contributed by atoms with Crippen molar-refractivity contribution in [1.82, 2.24) is 34.8 Å². The number of ether oxygens (including phenoxy) is 1. The summed E-state index contributed by atoms with van der Waals surface area (Å²) in [6.07, 6.45) is 11.8. The molecule has 2 aromatic heterocycles. The fraction of sp³-hybridized carbons (Fsp3) is 0.727. The highest BCUT2D eigenvalue weighted by atomic mass is 16.5. The van der Waals surface area contributed by atoms with E-state index in [1.165, 1.54) is 6.42 Å². The van der Waals surface area contributed by atoms with E-state index in [0.29, 0.717) is 0 Å². The molecule has 0 spiro atoms. The molecule has 168 valence electrons. The third-order valence-electron chi connectivity index (χ3n) is 7.26. The molecule has 31 heavy (non-hydrogen) atoms. The monoisotopic (exact) mass is 427 g/mol. The molecule has 1 unspecified atom stereocenters. The molecular weight excluding hydrogens is 394 g/mol. The number of hydrogen-bond acceptors (Lipinski definition) is 6. The molecule has 1 saturated heterocycles. The Morgan fingerprint density at radius 2 is 1.94 bits per heavy atom. The number of aryl methyl sites for hydroxylation is 2. The van der Waals surface area contributed by atoms with Crippen LogP contribution in [0.15, 0.2) is 12.4 Å². The van der Waals surface area contributed by atoms with Crippen molar-refractivity contribution in [3.8, 4) is 11.4 Å². The number of hydrogen-bond donors (Lipinski definition) is 1. The van der Waals surface area contributed by atoms with E-state index in [1.54, 1.807) is 4.68 Å². The maximum absolute atomic E-state index is 13.7. The molecule has 0 radical (unpaired) electrons. The number of fused-ring (bicyclic) bond motifs is 1. The summed E-state index contributed by atoms with van der Waals surface area (Å²) in [4.78, 5) is 16.1. The topological polar surface area (TPSA) is 90.1 Å². The smallest absolute Gasteiger partial charge is 0.240 e. The van der Waals surface area contributed by atoms with Gasteiger partial charge in [-0.1, -0.05) is 19.3 Å². The van der Waals surface area contributed by atoms with Gasteiger partial charge in [-0.05, 0) is 25.7 Å². The van der Waals surface area contributed by atoms with Crippen molar-refractivity contribution in [3.63, 3.8) is 0 Å².